The van der Waals surface area contributed by atoms with Gasteiger partial charge in [0, 0.05) is 27.9 Å². The standard InChI is InChI=1S/C15H10Cl2N6O/c16-10-5-9(6-11(17)7-10)14-21-15(24-22-14)19-8-12-1-3-18-13-2-4-20-23(12)13/h1-7H,8H2,(H,19,21,22). The van der Waals surface area contributed by atoms with Crippen molar-refractivity contribution >= 4 is 34.9 Å². The Morgan fingerprint density at radius 1 is 1.08 bits per heavy atom. The van der Waals surface area contributed by atoms with Crippen LogP contribution in [0.5, 0.6) is 0 Å². The second kappa shape index (κ2) is 6.10. The molecule has 0 aliphatic rings. The highest BCUT2D eigenvalue weighted by Gasteiger charge is 2.11. The first-order valence-electron chi connectivity index (χ1n) is 7.01. The van der Waals surface area contributed by atoms with E-state index in [4.69, 9.17) is 27.7 Å². The number of nitrogens with zero attached hydrogens (tertiary/aromatic N) is 5. The Kier molecular flexibility index (Phi) is 3.79. The maximum atomic E-state index is 5.99. The molecule has 0 spiro atoms. The van der Waals surface area contributed by atoms with Crippen molar-refractivity contribution in [3.8, 4) is 11.4 Å². The predicted molar refractivity (Wildman–Crippen MR) is 90.1 cm³/mol. The van der Waals surface area contributed by atoms with E-state index in [2.05, 4.69) is 25.5 Å². The van der Waals surface area contributed by atoms with Gasteiger partial charge < -0.3 is 9.84 Å². The molecule has 0 unspecified atom stereocenters. The molecule has 4 aromatic rings. The van der Waals surface area contributed by atoms with E-state index in [0.29, 0.717) is 34.0 Å². The maximum Gasteiger partial charge on any atom is 0.322 e. The SMILES string of the molecule is Clc1cc(Cl)cc(-c2noc(NCc3ccnc4ccnn34)n2)c1. The summed E-state index contributed by atoms with van der Waals surface area (Å²) in [5, 5.41) is 12.2. The van der Waals surface area contributed by atoms with Crippen molar-refractivity contribution in [2.75, 3.05) is 5.32 Å². The molecule has 0 atom stereocenters. The van der Waals surface area contributed by atoms with E-state index >= 15 is 0 Å². The molecular weight excluding hydrogens is 351 g/mol. The summed E-state index contributed by atoms with van der Waals surface area (Å²) in [5.74, 6) is 0.404. The molecule has 4 rings (SSSR count). The summed E-state index contributed by atoms with van der Waals surface area (Å²) in [6.07, 6.45) is 3.42. The summed E-state index contributed by atoms with van der Waals surface area (Å²) in [5.41, 5.74) is 2.37. The summed E-state index contributed by atoms with van der Waals surface area (Å²) in [6, 6.07) is 9.07. The summed E-state index contributed by atoms with van der Waals surface area (Å²) in [6.45, 7) is 0.457. The van der Waals surface area contributed by atoms with Crippen LogP contribution in [0.3, 0.4) is 0 Å². The lowest BCUT2D eigenvalue weighted by Gasteiger charge is -2.03. The Bertz CT molecular complexity index is 992. The van der Waals surface area contributed by atoms with E-state index in [1.165, 1.54) is 0 Å². The molecule has 0 radical (unpaired) electrons. The van der Waals surface area contributed by atoms with Crippen LogP contribution in [0, 0.1) is 0 Å². The zero-order valence-corrected chi connectivity index (χ0v) is 13.7. The number of halogens is 2. The van der Waals surface area contributed by atoms with Gasteiger partial charge in [0.05, 0.1) is 18.4 Å². The van der Waals surface area contributed by atoms with E-state index in [1.807, 2.05) is 12.1 Å². The summed E-state index contributed by atoms with van der Waals surface area (Å²) >= 11 is 12.0. The molecule has 7 nitrogen and oxygen atoms in total. The van der Waals surface area contributed by atoms with Gasteiger partial charge >= 0.3 is 6.01 Å². The van der Waals surface area contributed by atoms with Crippen LogP contribution in [0.25, 0.3) is 17.0 Å². The van der Waals surface area contributed by atoms with Crippen molar-refractivity contribution < 1.29 is 4.52 Å². The highest BCUT2D eigenvalue weighted by Crippen LogP contribution is 2.26. The van der Waals surface area contributed by atoms with Crippen LogP contribution in [0.15, 0.2) is 47.2 Å². The van der Waals surface area contributed by atoms with Crippen LogP contribution in [0.2, 0.25) is 10.0 Å². The largest absolute Gasteiger partial charge is 0.332 e. The van der Waals surface area contributed by atoms with Crippen LogP contribution in [-0.2, 0) is 6.54 Å². The van der Waals surface area contributed by atoms with Gasteiger partial charge in [0.15, 0.2) is 5.65 Å². The molecule has 3 aromatic heterocycles. The third kappa shape index (κ3) is 2.91. The zero-order valence-electron chi connectivity index (χ0n) is 12.1. The van der Waals surface area contributed by atoms with Gasteiger partial charge in [-0.05, 0) is 24.3 Å². The predicted octanol–water partition coefficient (Wildman–Crippen LogP) is 3.70. The van der Waals surface area contributed by atoms with Crippen LogP contribution in [0.4, 0.5) is 6.01 Å². The van der Waals surface area contributed by atoms with Gasteiger partial charge in [0.25, 0.3) is 0 Å². The Hall–Kier alpha value is -2.64. The molecule has 3 heterocycles. The van der Waals surface area contributed by atoms with Crippen molar-refractivity contribution in [3.63, 3.8) is 0 Å². The van der Waals surface area contributed by atoms with Gasteiger partial charge in [-0.15, -0.1) is 0 Å². The second-order valence-corrected chi connectivity index (χ2v) is 5.85. The molecule has 1 N–H and O–H groups in total. The van der Waals surface area contributed by atoms with Gasteiger partial charge in [0.1, 0.15) is 0 Å². The molecule has 24 heavy (non-hydrogen) atoms. The highest BCUT2D eigenvalue weighted by molar-refractivity contribution is 6.35. The van der Waals surface area contributed by atoms with Crippen molar-refractivity contribution in [2.45, 2.75) is 6.54 Å². The van der Waals surface area contributed by atoms with Crippen LogP contribution >= 0.6 is 23.2 Å². The Morgan fingerprint density at radius 3 is 2.75 bits per heavy atom. The van der Waals surface area contributed by atoms with Crippen LogP contribution < -0.4 is 5.32 Å². The molecule has 0 aliphatic heterocycles. The Balaban J connectivity index is 1.54. The van der Waals surface area contributed by atoms with E-state index in [1.54, 1.807) is 35.1 Å². The number of fused-ring (bicyclic) bond motifs is 1. The minimum absolute atomic E-state index is 0.290. The first-order chi connectivity index (χ1) is 11.7. The summed E-state index contributed by atoms with van der Waals surface area (Å²) < 4.78 is 6.95. The number of hydrogen-bond donors (Lipinski definition) is 1. The van der Waals surface area contributed by atoms with Gasteiger partial charge in [-0.25, -0.2) is 9.50 Å². The zero-order chi connectivity index (χ0) is 16.5. The number of benzene rings is 1. The molecule has 0 bridgehead atoms. The molecule has 120 valence electrons. The van der Waals surface area contributed by atoms with E-state index in [0.717, 1.165) is 11.3 Å². The second-order valence-electron chi connectivity index (χ2n) is 4.97. The van der Waals surface area contributed by atoms with Crippen molar-refractivity contribution in [1.82, 2.24) is 24.7 Å². The summed E-state index contributed by atoms with van der Waals surface area (Å²) in [7, 11) is 0. The fourth-order valence-corrected chi connectivity index (χ4v) is 2.81. The lowest BCUT2D eigenvalue weighted by molar-refractivity contribution is 0.431. The minimum Gasteiger partial charge on any atom is -0.332 e. The Labute approximate surface area is 146 Å². The topological polar surface area (TPSA) is 81.1 Å². The minimum atomic E-state index is 0.290. The van der Waals surface area contributed by atoms with Gasteiger partial charge in [-0.3, -0.25) is 0 Å². The molecule has 0 saturated carbocycles. The number of rotatable bonds is 4. The Morgan fingerprint density at radius 2 is 1.92 bits per heavy atom. The van der Waals surface area contributed by atoms with Gasteiger partial charge in [-0.1, -0.05) is 28.4 Å². The molecular formula is C15H10Cl2N6O. The van der Waals surface area contributed by atoms with Crippen molar-refractivity contribution in [3.05, 3.63) is 58.5 Å². The molecule has 0 saturated heterocycles. The lowest BCUT2D eigenvalue weighted by Crippen LogP contribution is -2.06. The normalized spacial score (nSPS) is 11.1. The third-order valence-corrected chi connectivity index (χ3v) is 3.77. The fraction of sp³-hybridized carbons (Fsp3) is 0.0667. The molecule has 9 heteroatoms. The van der Waals surface area contributed by atoms with Crippen LogP contribution in [0.1, 0.15) is 5.69 Å². The van der Waals surface area contributed by atoms with Crippen LogP contribution in [-0.4, -0.2) is 24.7 Å². The first kappa shape index (κ1) is 14.9. The van der Waals surface area contributed by atoms with E-state index in [9.17, 15) is 0 Å². The fourth-order valence-electron chi connectivity index (χ4n) is 2.28. The molecule has 0 fully saturated rings. The first-order valence-corrected chi connectivity index (χ1v) is 7.76. The molecule has 0 amide bonds. The maximum absolute atomic E-state index is 5.99. The van der Waals surface area contributed by atoms with Gasteiger partial charge in [-0.2, -0.15) is 10.1 Å². The van der Waals surface area contributed by atoms with Gasteiger partial charge in [0.2, 0.25) is 5.82 Å². The quantitative estimate of drug-likeness (QED) is 0.597. The number of anilines is 1. The average molecular weight is 361 g/mol. The number of nitrogens with one attached hydrogen (secondary N) is 1. The van der Waals surface area contributed by atoms with E-state index < -0.39 is 0 Å². The average Bonchev–Trinajstić information content (AvgIpc) is 3.21. The molecule has 1 aromatic carbocycles. The van der Waals surface area contributed by atoms with Crippen molar-refractivity contribution in [2.24, 2.45) is 0 Å². The molecule has 0 aliphatic carbocycles. The third-order valence-electron chi connectivity index (χ3n) is 3.34. The number of hydrogen-bond acceptors (Lipinski definition) is 6. The lowest BCUT2D eigenvalue weighted by atomic mass is 10.2. The monoisotopic (exact) mass is 360 g/mol. The number of aromatic nitrogens is 5. The van der Waals surface area contributed by atoms with Crippen molar-refractivity contribution in [1.29, 1.82) is 0 Å². The smallest absolute Gasteiger partial charge is 0.322 e. The summed E-state index contributed by atoms with van der Waals surface area (Å²) in [4.78, 5) is 8.51. The van der Waals surface area contributed by atoms with E-state index in [-0.39, 0.29) is 0 Å². The highest BCUT2D eigenvalue weighted by atomic mass is 35.5.